The zero-order chi connectivity index (χ0) is 17.1. The molecule has 1 aliphatic carbocycles. The fraction of sp³-hybridized carbons (Fsp3) is 0.647. The fourth-order valence-corrected chi connectivity index (χ4v) is 4.08. The third-order valence-electron chi connectivity index (χ3n) is 4.65. The van der Waals surface area contributed by atoms with Crippen molar-refractivity contribution in [3.63, 3.8) is 0 Å². The van der Waals surface area contributed by atoms with Crippen molar-refractivity contribution in [3.8, 4) is 0 Å². The number of ketones is 1. The molecule has 132 valence electrons. The number of nitrogens with zero attached hydrogens (tertiary/aromatic N) is 1. The van der Waals surface area contributed by atoms with E-state index in [0.29, 0.717) is 17.5 Å². The Balaban J connectivity index is 1.73. The third kappa shape index (κ3) is 3.89. The van der Waals surface area contributed by atoms with Gasteiger partial charge in [0.1, 0.15) is 9.88 Å². The Morgan fingerprint density at radius 3 is 2.54 bits per heavy atom. The number of methoxy groups -OCH3 is 2. The van der Waals surface area contributed by atoms with Gasteiger partial charge in [-0.15, -0.1) is 11.3 Å². The molecule has 7 heteroatoms. The van der Waals surface area contributed by atoms with Crippen LogP contribution in [-0.4, -0.2) is 51.7 Å². The second kappa shape index (κ2) is 7.53. The summed E-state index contributed by atoms with van der Waals surface area (Å²) in [6, 6.07) is 1.80. The van der Waals surface area contributed by atoms with Crippen LogP contribution in [0.2, 0.25) is 0 Å². The number of hydrogen-bond donors (Lipinski definition) is 1. The van der Waals surface area contributed by atoms with Crippen LogP contribution in [0.1, 0.15) is 35.4 Å². The molecule has 1 N–H and O–H groups in total. The van der Waals surface area contributed by atoms with Gasteiger partial charge in [0, 0.05) is 26.1 Å². The number of piperidine rings is 1. The lowest BCUT2D eigenvalue weighted by Crippen LogP contribution is -2.36. The van der Waals surface area contributed by atoms with Crippen molar-refractivity contribution in [2.75, 3.05) is 44.1 Å². The Morgan fingerprint density at radius 2 is 1.96 bits per heavy atom. The van der Waals surface area contributed by atoms with Crippen molar-refractivity contribution in [1.29, 1.82) is 0 Å². The molecule has 1 saturated heterocycles. The number of hydrogen-bond acceptors (Lipinski definition) is 7. The third-order valence-corrected chi connectivity index (χ3v) is 5.82. The van der Waals surface area contributed by atoms with Gasteiger partial charge in [-0.2, -0.15) is 0 Å². The Labute approximate surface area is 146 Å². The molecule has 0 aromatic carbocycles. The number of rotatable bonds is 7. The Bertz CT molecular complexity index is 604. The molecule has 0 spiro atoms. The summed E-state index contributed by atoms with van der Waals surface area (Å²) in [7, 11) is 3.13. The molecule has 1 saturated carbocycles. The zero-order valence-corrected chi connectivity index (χ0v) is 15.0. The van der Waals surface area contributed by atoms with E-state index in [0.717, 1.165) is 49.5 Å². The van der Waals surface area contributed by atoms with Gasteiger partial charge in [-0.3, -0.25) is 4.79 Å². The minimum Gasteiger partial charge on any atom is -0.465 e. The first kappa shape index (κ1) is 17.2. The molecule has 2 fully saturated rings. The molecule has 1 aliphatic heterocycles. The number of nitrogens with one attached hydrogen (secondary N) is 1. The monoisotopic (exact) mass is 352 g/mol. The van der Waals surface area contributed by atoms with E-state index >= 15 is 0 Å². The minimum atomic E-state index is -0.338. The first-order chi connectivity index (χ1) is 11.6. The Kier molecular flexibility index (Phi) is 5.40. The van der Waals surface area contributed by atoms with Gasteiger partial charge in [0.25, 0.3) is 0 Å². The number of anilines is 2. The van der Waals surface area contributed by atoms with Crippen LogP contribution in [0, 0.1) is 5.92 Å². The lowest BCUT2D eigenvalue weighted by Gasteiger charge is -2.32. The Morgan fingerprint density at radius 1 is 1.25 bits per heavy atom. The molecule has 0 atom stereocenters. The summed E-state index contributed by atoms with van der Waals surface area (Å²) < 4.78 is 10.3. The molecule has 2 aliphatic rings. The van der Waals surface area contributed by atoms with Crippen LogP contribution in [-0.2, 0) is 14.3 Å². The van der Waals surface area contributed by atoms with Gasteiger partial charge in [-0.05, 0) is 31.7 Å². The highest BCUT2D eigenvalue weighted by molar-refractivity contribution is 7.18. The summed E-state index contributed by atoms with van der Waals surface area (Å²) in [6.45, 7) is 2.08. The smallest absolute Gasteiger partial charge is 0.348 e. The van der Waals surface area contributed by atoms with E-state index < -0.39 is 0 Å². The summed E-state index contributed by atoms with van der Waals surface area (Å²) in [4.78, 5) is 26.7. The molecule has 1 aromatic rings. The maximum Gasteiger partial charge on any atom is 0.348 e. The lowest BCUT2D eigenvalue weighted by atomic mass is 10.1. The quantitative estimate of drug-likeness (QED) is 0.761. The number of carbonyl (C=O) groups is 2. The minimum absolute atomic E-state index is 0.233. The highest BCUT2D eigenvalue weighted by atomic mass is 32.1. The molecule has 0 amide bonds. The average Bonchev–Trinajstić information content (AvgIpc) is 3.39. The van der Waals surface area contributed by atoms with E-state index in [1.54, 1.807) is 13.2 Å². The van der Waals surface area contributed by atoms with Crippen LogP contribution in [0.25, 0.3) is 0 Å². The van der Waals surface area contributed by atoms with Crippen LogP contribution in [0.3, 0.4) is 0 Å². The first-order valence-corrected chi connectivity index (χ1v) is 9.20. The van der Waals surface area contributed by atoms with Gasteiger partial charge in [-0.25, -0.2) is 4.79 Å². The molecule has 0 unspecified atom stereocenters. The number of esters is 1. The SMILES string of the molecule is COC(=O)c1cc(NCC(=O)C2CC2)c(N2CCC(OC)CC2)s1. The van der Waals surface area contributed by atoms with E-state index in [1.165, 1.54) is 18.4 Å². The molecule has 2 heterocycles. The highest BCUT2D eigenvalue weighted by Gasteiger charge is 2.30. The topological polar surface area (TPSA) is 67.9 Å². The zero-order valence-electron chi connectivity index (χ0n) is 14.2. The fourth-order valence-electron chi connectivity index (χ4n) is 2.97. The van der Waals surface area contributed by atoms with E-state index in [-0.39, 0.29) is 17.7 Å². The van der Waals surface area contributed by atoms with E-state index in [1.807, 2.05) is 0 Å². The number of carbonyl (C=O) groups excluding carboxylic acids is 2. The standard InChI is InChI=1S/C17H24N2O4S/c1-22-12-5-7-19(8-6-12)16-13(9-15(24-16)17(21)23-2)18-10-14(20)11-3-4-11/h9,11-12,18H,3-8,10H2,1-2H3. The van der Waals surface area contributed by atoms with Crippen molar-refractivity contribution in [2.45, 2.75) is 31.8 Å². The summed E-state index contributed by atoms with van der Waals surface area (Å²) in [6.07, 6.45) is 4.24. The normalized spacial score (nSPS) is 18.5. The molecule has 3 rings (SSSR count). The second-order valence-corrected chi connectivity index (χ2v) is 7.37. The van der Waals surface area contributed by atoms with Crippen molar-refractivity contribution < 1.29 is 19.1 Å². The summed E-state index contributed by atoms with van der Waals surface area (Å²) in [5.41, 5.74) is 0.852. The van der Waals surface area contributed by atoms with Crippen molar-refractivity contribution >= 4 is 33.8 Å². The first-order valence-electron chi connectivity index (χ1n) is 8.39. The molecule has 0 radical (unpaired) electrons. The summed E-state index contributed by atoms with van der Waals surface area (Å²) in [5, 5.41) is 4.24. The van der Waals surface area contributed by atoms with Crippen LogP contribution in [0.5, 0.6) is 0 Å². The van der Waals surface area contributed by atoms with Gasteiger partial charge in [0.15, 0.2) is 5.78 Å². The number of Topliss-reactive ketones (excluding diaryl/α,β-unsaturated/α-hetero) is 1. The second-order valence-electron chi connectivity index (χ2n) is 6.34. The predicted octanol–water partition coefficient (Wildman–Crippen LogP) is 2.54. The summed E-state index contributed by atoms with van der Waals surface area (Å²) in [5.74, 6) is 0.150. The predicted molar refractivity (Wildman–Crippen MR) is 94.1 cm³/mol. The lowest BCUT2D eigenvalue weighted by molar-refractivity contribution is -0.118. The highest BCUT2D eigenvalue weighted by Crippen LogP contribution is 2.38. The molecule has 0 bridgehead atoms. The van der Waals surface area contributed by atoms with Gasteiger partial charge < -0.3 is 19.7 Å². The van der Waals surface area contributed by atoms with Crippen LogP contribution in [0.15, 0.2) is 6.07 Å². The van der Waals surface area contributed by atoms with Gasteiger partial charge in [0.2, 0.25) is 0 Å². The van der Waals surface area contributed by atoms with Crippen molar-refractivity contribution in [3.05, 3.63) is 10.9 Å². The van der Waals surface area contributed by atoms with E-state index in [9.17, 15) is 9.59 Å². The van der Waals surface area contributed by atoms with Crippen LogP contribution < -0.4 is 10.2 Å². The number of ether oxygens (including phenoxy) is 2. The van der Waals surface area contributed by atoms with Crippen LogP contribution in [0.4, 0.5) is 10.7 Å². The largest absolute Gasteiger partial charge is 0.465 e. The molecule has 6 nitrogen and oxygen atoms in total. The van der Waals surface area contributed by atoms with Crippen molar-refractivity contribution in [2.24, 2.45) is 5.92 Å². The van der Waals surface area contributed by atoms with E-state index in [4.69, 9.17) is 9.47 Å². The van der Waals surface area contributed by atoms with Gasteiger partial charge >= 0.3 is 5.97 Å². The molecular weight excluding hydrogens is 328 g/mol. The van der Waals surface area contributed by atoms with Crippen molar-refractivity contribution in [1.82, 2.24) is 0 Å². The molecular formula is C17H24N2O4S. The summed E-state index contributed by atoms with van der Waals surface area (Å²) >= 11 is 1.42. The average molecular weight is 352 g/mol. The maximum atomic E-state index is 12.0. The van der Waals surface area contributed by atoms with E-state index in [2.05, 4.69) is 10.2 Å². The molecule has 24 heavy (non-hydrogen) atoms. The van der Waals surface area contributed by atoms with Crippen LogP contribution >= 0.6 is 11.3 Å². The van der Waals surface area contributed by atoms with Gasteiger partial charge in [0.05, 0.1) is 25.4 Å². The Hall–Kier alpha value is -1.60. The van der Waals surface area contributed by atoms with Gasteiger partial charge in [-0.1, -0.05) is 0 Å². The maximum absolute atomic E-state index is 12.0. The number of thiophene rings is 1. The molecule has 1 aromatic heterocycles.